The summed E-state index contributed by atoms with van der Waals surface area (Å²) < 4.78 is 5.35. The Labute approximate surface area is 150 Å². The fourth-order valence-corrected chi connectivity index (χ4v) is 4.46. The summed E-state index contributed by atoms with van der Waals surface area (Å²) >= 11 is 1.70. The van der Waals surface area contributed by atoms with Crippen molar-refractivity contribution in [3.63, 3.8) is 0 Å². The maximum atomic E-state index is 13.0. The minimum atomic E-state index is -0.0733. The van der Waals surface area contributed by atoms with Gasteiger partial charge in [0.1, 0.15) is 18.1 Å². The lowest BCUT2D eigenvalue weighted by molar-refractivity contribution is -0.928. The predicted octanol–water partition coefficient (Wildman–Crippen LogP) is 2.56. The third-order valence-corrected chi connectivity index (χ3v) is 5.97. The molecule has 25 heavy (non-hydrogen) atoms. The Bertz CT molecular complexity index is 887. The van der Waals surface area contributed by atoms with Crippen molar-refractivity contribution in [3.05, 3.63) is 70.3 Å². The zero-order valence-corrected chi connectivity index (χ0v) is 15.1. The molecular formula is C19H20N3O2S+. The number of carbonyl (C=O) groups excluding carboxylic acids is 1. The second-order valence-corrected chi connectivity index (χ2v) is 7.60. The smallest absolute Gasteiger partial charge is 0.298 e. The molecule has 4 rings (SSSR count). The van der Waals surface area contributed by atoms with E-state index >= 15 is 0 Å². The topological polar surface area (TPSA) is 50.8 Å². The molecular weight excluding hydrogens is 334 g/mol. The predicted molar refractivity (Wildman–Crippen MR) is 96.8 cm³/mol. The first-order chi connectivity index (χ1) is 12.1. The summed E-state index contributed by atoms with van der Waals surface area (Å²) in [7, 11) is 0. The van der Waals surface area contributed by atoms with E-state index in [0.717, 1.165) is 18.1 Å². The Balaban J connectivity index is 1.68. The highest BCUT2D eigenvalue weighted by molar-refractivity contribution is 7.16. The highest BCUT2D eigenvalue weighted by Crippen LogP contribution is 2.36. The van der Waals surface area contributed by atoms with E-state index in [-0.39, 0.29) is 5.91 Å². The van der Waals surface area contributed by atoms with Gasteiger partial charge in [0.05, 0.1) is 6.26 Å². The second-order valence-electron chi connectivity index (χ2n) is 6.40. The van der Waals surface area contributed by atoms with Crippen LogP contribution in [0.3, 0.4) is 0 Å². The summed E-state index contributed by atoms with van der Waals surface area (Å²) in [5.41, 5.74) is 3.74. The summed E-state index contributed by atoms with van der Waals surface area (Å²) in [6.07, 6.45) is 5.22. The Kier molecular flexibility index (Phi) is 4.15. The van der Waals surface area contributed by atoms with Crippen molar-refractivity contribution in [2.45, 2.75) is 26.9 Å². The number of amides is 1. The number of thiophene rings is 1. The van der Waals surface area contributed by atoms with Crippen molar-refractivity contribution < 1.29 is 14.1 Å². The second kappa shape index (κ2) is 6.46. The molecule has 1 unspecified atom stereocenters. The molecule has 0 saturated heterocycles. The molecule has 0 fully saturated rings. The number of rotatable bonds is 3. The van der Waals surface area contributed by atoms with Crippen molar-refractivity contribution in [3.8, 4) is 0 Å². The number of furan rings is 1. The normalized spacial score (nSPS) is 16.7. The number of nitrogens with one attached hydrogen (secondary N) is 1. The van der Waals surface area contributed by atoms with Gasteiger partial charge in [0, 0.05) is 28.4 Å². The first-order valence-electron chi connectivity index (χ1n) is 8.30. The third kappa shape index (κ3) is 2.99. The fraction of sp³-hybridized carbons (Fsp3) is 0.263. The molecule has 1 N–H and O–H groups in total. The van der Waals surface area contributed by atoms with Crippen LogP contribution >= 0.6 is 11.3 Å². The van der Waals surface area contributed by atoms with E-state index in [0.29, 0.717) is 12.4 Å². The molecule has 6 heteroatoms. The fourth-order valence-electron chi connectivity index (χ4n) is 3.29. The number of hydrogen-bond donors (Lipinski definition) is 1. The number of aromatic nitrogens is 1. The maximum Gasteiger partial charge on any atom is 0.298 e. The van der Waals surface area contributed by atoms with Crippen LogP contribution in [0.5, 0.6) is 0 Å². The highest BCUT2D eigenvalue weighted by atomic mass is 32.1. The van der Waals surface area contributed by atoms with Crippen LogP contribution in [0.1, 0.15) is 32.1 Å². The van der Waals surface area contributed by atoms with Crippen LogP contribution in [0.4, 0.5) is 5.00 Å². The minimum absolute atomic E-state index is 0.0733. The van der Waals surface area contributed by atoms with E-state index in [9.17, 15) is 4.79 Å². The number of carbonyl (C=O) groups is 1. The Morgan fingerprint density at radius 3 is 2.96 bits per heavy atom. The van der Waals surface area contributed by atoms with E-state index in [2.05, 4.69) is 24.9 Å². The highest BCUT2D eigenvalue weighted by Gasteiger charge is 2.34. The van der Waals surface area contributed by atoms with Gasteiger partial charge >= 0.3 is 0 Å². The molecule has 1 amide bonds. The molecule has 1 atom stereocenters. The Hall–Kier alpha value is -2.44. The van der Waals surface area contributed by atoms with Crippen molar-refractivity contribution >= 4 is 22.2 Å². The van der Waals surface area contributed by atoms with Gasteiger partial charge in [-0.25, -0.2) is 4.90 Å². The molecule has 3 aromatic heterocycles. The van der Waals surface area contributed by atoms with E-state index in [1.807, 2.05) is 17.2 Å². The van der Waals surface area contributed by atoms with E-state index in [1.165, 1.54) is 26.5 Å². The van der Waals surface area contributed by atoms with Crippen LogP contribution in [-0.4, -0.2) is 17.6 Å². The van der Waals surface area contributed by atoms with Gasteiger partial charge in [-0.1, -0.05) is 6.07 Å². The molecule has 0 aliphatic carbocycles. The number of aryl methyl sites for hydroxylation is 1. The van der Waals surface area contributed by atoms with E-state index in [4.69, 9.17) is 4.42 Å². The van der Waals surface area contributed by atoms with Gasteiger partial charge in [-0.05, 0) is 37.6 Å². The monoisotopic (exact) mass is 354 g/mol. The van der Waals surface area contributed by atoms with Crippen molar-refractivity contribution in [1.82, 2.24) is 4.98 Å². The first kappa shape index (κ1) is 16.1. The number of fused-ring (bicyclic) bond motifs is 1. The molecule has 0 radical (unpaired) electrons. The molecule has 4 heterocycles. The van der Waals surface area contributed by atoms with E-state index in [1.54, 1.807) is 35.9 Å². The van der Waals surface area contributed by atoms with Crippen LogP contribution in [0.15, 0.2) is 47.3 Å². The van der Waals surface area contributed by atoms with Gasteiger partial charge in [0.15, 0.2) is 12.4 Å². The lowest BCUT2D eigenvalue weighted by Gasteiger charge is -2.32. The van der Waals surface area contributed by atoms with Gasteiger partial charge < -0.3 is 9.32 Å². The Morgan fingerprint density at radius 1 is 1.36 bits per heavy atom. The Morgan fingerprint density at radius 2 is 2.24 bits per heavy atom. The number of pyridine rings is 1. The molecule has 0 spiro atoms. The zero-order chi connectivity index (χ0) is 17.4. The molecule has 5 nitrogen and oxygen atoms in total. The number of nitrogens with zero attached hydrogens (tertiary/aromatic N) is 2. The molecule has 0 saturated carbocycles. The van der Waals surface area contributed by atoms with Crippen LogP contribution in [-0.2, 0) is 13.1 Å². The summed E-state index contributed by atoms with van der Waals surface area (Å²) in [5.74, 6) is 0.313. The van der Waals surface area contributed by atoms with Gasteiger partial charge in [-0.3, -0.25) is 9.78 Å². The average Bonchev–Trinajstić information content (AvgIpc) is 3.25. The largest absolute Gasteiger partial charge is 0.459 e. The summed E-state index contributed by atoms with van der Waals surface area (Å²) in [4.78, 5) is 21.6. The quantitative estimate of drug-likeness (QED) is 0.786. The number of quaternary nitrogens is 1. The summed E-state index contributed by atoms with van der Waals surface area (Å²) in [6, 6.07) is 7.52. The lowest BCUT2D eigenvalue weighted by atomic mass is 10.1. The summed E-state index contributed by atoms with van der Waals surface area (Å²) in [6.45, 7) is 6.65. The van der Waals surface area contributed by atoms with Gasteiger partial charge in [0.25, 0.3) is 5.91 Å². The van der Waals surface area contributed by atoms with Gasteiger partial charge in [-0.2, -0.15) is 0 Å². The van der Waals surface area contributed by atoms with Crippen LogP contribution in [0.2, 0.25) is 0 Å². The van der Waals surface area contributed by atoms with E-state index < -0.39 is 0 Å². The van der Waals surface area contributed by atoms with Crippen LogP contribution in [0.25, 0.3) is 0 Å². The SMILES string of the molecule is Cc1sc2c(c1C)C[NH+](Cc1cccnc1)CN2C(=O)c1ccco1. The molecule has 1 aliphatic heterocycles. The summed E-state index contributed by atoms with van der Waals surface area (Å²) in [5, 5.41) is 1.06. The molecule has 128 valence electrons. The van der Waals surface area contributed by atoms with Gasteiger partial charge in [0.2, 0.25) is 0 Å². The van der Waals surface area contributed by atoms with Crippen molar-refractivity contribution in [2.75, 3.05) is 11.6 Å². The van der Waals surface area contributed by atoms with Gasteiger partial charge in [-0.15, -0.1) is 11.3 Å². The van der Waals surface area contributed by atoms with Crippen molar-refractivity contribution in [2.24, 2.45) is 0 Å². The molecule has 0 aromatic carbocycles. The number of hydrogen-bond acceptors (Lipinski definition) is 4. The standard InChI is InChI=1S/C19H19N3O2S/c1-13-14(2)25-19-16(13)11-21(10-15-5-3-7-20-9-15)12-22(19)18(23)17-6-4-8-24-17/h3-9H,10-12H2,1-2H3/p+1. The molecule has 3 aromatic rings. The average molecular weight is 354 g/mol. The van der Waals surface area contributed by atoms with Crippen molar-refractivity contribution in [1.29, 1.82) is 0 Å². The zero-order valence-electron chi connectivity index (χ0n) is 14.3. The first-order valence-corrected chi connectivity index (χ1v) is 9.12. The maximum absolute atomic E-state index is 13.0. The lowest BCUT2D eigenvalue weighted by Crippen LogP contribution is -3.12. The van der Waals surface area contributed by atoms with Crippen LogP contribution in [0, 0.1) is 13.8 Å². The minimum Gasteiger partial charge on any atom is -0.459 e. The third-order valence-electron chi connectivity index (χ3n) is 4.70. The molecule has 1 aliphatic rings. The molecule has 0 bridgehead atoms. The van der Waals surface area contributed by atoms with Crippen LogP contribution < -0.4 is 9.80 Å². The number of anilines is 1.